The fourth-order valence-corrected chi connectivity index (χ4v) is 1.63. The Morgan fingerprint density at radius 2 is 1.93 bits per heavy atom. The zero-order chi connectivity index (χ0) is 11.5. The minimum absolute atomic E-state index is 0.207. The van der Waals surface area contributed by atoms with E-state index in [0.717, 1.165) is 6.42 Å². The summed E-state index contributed by atoms with van der Waals surface area (Å²) >= 11 is 0. The van der Waals surface area contributed by atoms with Crippen LogP contribution in [0.1, 0.15) is 43.9 Å². The van der Waals surface area contributed by atoms with Gasteiger partial charge in [0, 0.05) is 6.42 Å². The maximum atomic E-state index is 8.55. The van der Waals surface area contributed by atoms with Crippen molar-refractivity contribution in [2.75, 3.05) is 0 Å². The van der Waals surface area contributed by atoms with E-state index in [1.54, 1.807) is 0 Å². The van der Waals surface area contributed by atoms with E-state index in [0.29, 0.717) is 6.42 Å². The van der Waals surface area contributed by atoms with Crippen molar-refractivity contribution < 1.29 is 0 Å². The topological polar surface area (TPSA) is 23.8 Å². The predicted molar refractivity (Wildman–Crippen MR) is 63.8 cm³/mol. The summed E-state index contributed by atoms with van der Waals surface area (Å²) in [5, 5.41) is 8.55. The third-order valence-corrected chi connectivity index (χ3v) is 2.71. The summed E-state index contributed by atoms with van der Waals surface area (Å²) in [6, 6.07) is 8.77. The molecule has 0 aliphatic carbocycles. The van der Waals surface area contributed by atoms with Crippen molar-refractivity contribution >= 4 is 0 Å². The molecule has 0 atom stereocenters. The number of hydrogen-bond acceptors (Lipinski definition) is 1. The predicted octanol–water partition coefficient (Wildman–Crippen LogP) is 3.75. The fourth-order valence-electron chi connectivity index (χ4n) is 1.63. The second-order valence-electron chi connectivity index (χ2n) is 5.05. The van der Waals surface area contributed by atoms with Crippen LogP contribution in [0.3, 0.4) is 0 Å². The minimum Gasteiger partial charge on any atom is -0.198 e. The van der Waals surface area contributed by atoms with Gasteiger partial charge >= 0.3 is 0 Å². The first-order valence-corrected chi connectivity index (χ1v) is 5.42. The van der Waals surface area contributed by atoms with Gasteiger partial charge in [-0.15, -0.1) is 0 Å². The van der Waals surface area contributed by atoms with Gasteiger partial charge in [-0.1, -0.05) is 39.0 Å². The maximum Gasteiger partial charge on any atom is 0.0625 e. The average Bonchev–Trinajstić information content (AvgIpc) is 2.14. The van der Waals surface area contributed by atoms with Crippen LogP contribution >= 0.6 is 0 Å². The van der Waals surface area contributed by atoms with E-state index in [4.69, 9.17) is 5.26 Å². The largest absolute Gasteiger partial charge is 0.198 e. The number of rotatable bonds is 2. The minimum atomic E-state index is 0.207. The molecule has 1 nitrogen and oxygen atoms in total. The Kier molecular flexibility index (Phi) is 3.52. The molecule has 0 fully saturated rings. The molecule has 80 valence electrons. The molecule has 0 spiro atoms. The van der Waals surface area contributed by atoms with Crippen LogP contribution in [0, 0.1) is 18.3 Å². The molecule has 0 aliphatic rings. The summed E-state index contributed by atoms with van der Waals surface area (Å²) in [6.07, 6.45) is 1.47. The van der Waals surface area contributed by atoms with Crippen molar-refractivity contribution in [3.8, 4) is 6.07 Å². The summed E-state index contributed by atoms with van der Waals surface area (Å²) in [5.41, 5.74) is 4.17. The Hall–Kier alpha value is -1.29. The zero-order valence-corrected chi connectivity index (χ0v) is 10.1. The second-order valence-corrected chi connectivity index (χ2v) is 5.05. The van der Waals surface area contributed by atoms with Gasteiger partial charge in [0.2, 0.25) is 0 Å². The van der Waals surface area contributed by atoms with Gasteiger partial charge in [-0.25, -0.2) is 0 Å². The molecule has 0 saturated carbocycles. The molecule has 15 heavy (non-hydrogen) atoms. The van der Waals surface area contributed by atoms with Gasteiger partial charge in [-0.3, -0.25) is 0 Å². The molecule has 0 saturated heterocycles. The lowest BCUT2D eigenvalue weighted by molar-refractivity contribution is 0.589. The quantitative estimate of drug-likeness (QED) is 0.715. The van der Waals surface area contributed by atoms with Crippen LogP contribution in [0.4, 0.5) is 0 Å². The molecule has 0 bridgehead atoms. The first-order valence-electron chi connectivity index (χ1n) is 5.42. The van der Waals surface area contributed by atoms with Crippen LogP contribution in [0.5, 0.6) is 0 Å². The lowest BCUT2D eigenvalue weighted by Gasteiger charge is -2.20. The van der Waals surface area contributed by atoms with Gasteiger partial charge in [0.05, 0.1) is 6.07 Å². The smallest absolute Gasteiger partial charge is 0.0625 e. The van der Waals surface area contributed by atoms with Crippen LogP contribution in [0.25, 0.3) is 0 Å². The van der Waals surface area contributed by atoms with E-state index in [1.807, 2.05) is 0 Å². The maximum absolute atomic E-state index is 8.55. The third-order valence-electron chi connectivity index (χ3n) is 2.71. The van der Waals surface area contributed by atoms with Crippen LogP contribution in [-0.2, 0) is 11.8 Å². The molecule has 0 aliphatic heterocycles. The first kappa shape index (κ1) is 11.8. The number of nitrogens with zero attached hydrogens (tertiary/aromatic N) is 1. The molecule has 0 heterocycles. The van der Waals surface area contributed by atoms with Gasteiger partial charge in [0.1, 0.15) is 0 Å². The highest BCUT2D eigenvalue weighted by atomic mass is 14.2. The van der Waals surface area contributed by atoms with E-state index in [2.05, 4.69) is 52.0 Å². The lowest BCUT2D eigenvalue weighted by atomic mass is 9.85. The normalized spacial score (nSPS) is 11.1. The lowest BCUT2D eigenvalue weighted by Crippen LogP contribution is -2.11. The van der Waals surface area contributed by atoms with Crippen LogP contribution in [0.2, 0.25) is 0 Å². The van der Waals surface area contributed by atoms with E-state index in [1.165, 1.54) is 16.7 Å². The van der Waals surface area contributed by atoms with Crippen molar-refractivity contribution in [2.45, 2.75) is 46.0 Å². The molecule has 0 unspecified atom stereocenters. The van der Waals surface area contributed by atoms with Gasteiger partial charge in [0.15, 0.2) is 0 Å². The Bertz CT molecular complexity index is 377. The monoisotopic (exact) mass is 201 g/mol. The molecule has 1 aromatic carbocycles. The summed E-state index contributed by atoms with van der Waals surface area (Å²) in [5.74, 6) is 0. The molecular formula is C14H19N. The van der Waals surface area contributed by atoms with Crippen LogP contribution < -0.4 is 0 Å². The Morgan fingerprint density at radius 3 is 2.40 bits per heavy atom. The molecule has 1 aromatic rings. The molecule has 0 N–H and O–H groups in total. The van der Waals surface area contributed by atoms with Crippen LogP contribution in [0.15, 0.2) is 18.2 Å². The Morgan fingerprint density at radius 1 is 1.27 bits per heavy atom. The molecule has 0 aromatic heterocycles. The number of hydrogen-bond donors (Lipinski definition) is 0. The van der Waals surface area contributed by atoms with Crippen molar-refractivity contribution in [1.82, 2.24) is 0 Å². The van der Waals surface area contributed by atoms with E-state index in [-0.39, 0.29) is 5.41 Å². The van der Waals surface area contributed by atoms with E-state index in [9.17, 15) is 0 Å². The van der Waals surface area contributed by atoms with Crippen molar-refractivity contribution in [3.63, 3.8) is 0 Å². The first-order chi connectivity index (χ1) is 6.95. The summed E-state index contributed by atoms with van der Waals surface area (Å²) in [7, 11) is 0. The van der Waals surface area contributed by atoms with E-state index >= 15 is 0 Å². The molecule has 0 radical (unpaired) electrons. The molecular weight excluding hydrogens is 182 g/mol. The Balaban J connectivity index is 2.94. The standard InChI is InChI=1S/C14H19N/c1-11-10-13(14(2,3)4)8-7-12(11)6-5-9-15/h7-8,10H,5-6H2,1-4H3. The average molecular weight is 201 g/mol. The van der Waals surface area contributed by atoms with Gasteiger partial charge in [-0.2, -0.15) is 5.26 Å². The van der Waals surface area contributed by atoms with Crippen LogP contribution in [-0.4, -0.2) is 0 Å². The van der Waals surface area contributed by atoms with Gasteiger partial charge in [0.25, 0.3) is 0 Å². The third kappa shape index (κ3) is 3.09. The summed E-state index contributed by atoms with van der Waals surface area (Å²) < 4.78 is 0. The molecule has 0 amide bonds. The molecule has 1 rings (SSSR count). The number of nitriles is 1. The van der Waals surface area contributed by atoms with Gasteiger partial charge in [-0.05, 0) is 35.4 Å². The van der Waals surface area contributed by atoms with E-state index < -0.39 is 0 Å². The highest BCUT2D eigenvalue weighted by Crippen LogP contribution is 2.24. The SMILES string of the molecule is Cc1cc(C(C)(C)C)ccc1CCC#N. The highest BCUT2D eigenvalue weighted by molar-refractivity contribution is 5.34. The number of aryl methyl sites for hydroxylation is 2. The zero-order valence-electron chi connectivity index (χ0n) is 10.1. The van der Waals surface area contributed by atoms with Crippen molar-refractivity contribution in [2.24, 2.45) is 0 Å². The van der Waals surface area contributed by atoms with Gasteiger partial charge < -0.3 is 0 Å². The van der Waals surface area contributed by atoms with Crippen molar-refractivity contribution in [3.05, 3.63) is 34.9 Å². The Labute approximate surface area is 92.7 Å². The molecule has 1 heteroatoms. The second kappa shape index (κ2) is 4.49. The fraction of sp³-hybridized carbons (Fsp3) is 0.500. The highest BCUT2D eigenvalue weighted by Gasteiger charge is 2.14. The summed E-state index contributed by atoms with van der Waals surface area (Å²) in [4.78, 5) is 0. The summed E-state index contributed by atoms with van der Waals surface area (Å²) in [6.45, 7) is 8.78. The van der Waals surface area contributed by atoms with Crippen molar-refractivity contribution in [1.29, 1.82) is 5.26 Å². The number of benzene rings is 1.